The molecule has 0 aliphatic rings. The van der Waals surface area contributed by atoms with Crippen LogP contribution in [0, 0.1) is 5.92 Å². The van der Waals surface area contributed by atoms with Gasteiger partial charge in [0.2, 0.25) is 0 Å². The zero-order valence-electron chi connectivity index (χ0n) is 12.3. The molecule has 0 bridgehead atoms. The van der Waals surface area contributed by atoms with Gasteiger partial charge in [0.25, 0.3) is 0 Å². The van der Waals surface area contributed by atoms with Crippen LogP contribution in [0.1, 0.15) is 19.4 Å². The topological polar surface area (TPSA) is 32.6 Å². The monoisotopic (exact) mass is 260 g/mol. The predicted octanol–water partition coefficient (Wildman–Crippen LogP) is 2.01. The lowest BCUT2D eigenvalue weighted by Crippen LogP contribution is -2.41. The molecular formula is C15H24N4. The molecule has 0 fully saturated rings. The van der Waals surface area contributed by atoms with E-state index >= 15 is 0 Å². The highest BCUT2D eigenvalue weighted by atomic mass is 15.2. The van der Waals surface area contributed by atoms with Crippen molar-refractivity contribution in [2.45, 2.75) is 26.4 Å². The molecule has 0 aliphatic carbocycles. The van der Waals surface area contributed by atoms with Crippen LogP contribution in [-0.4, -0.2) is 41.2 Å². The Morgan fingerprint density at radius 2 is 2.11 bits per heavy atom. The third-order valence-electron chi connectivity index (χ3n) is 3.43. The number of fused-ring (bicyclic) bond motifs is 1. The van der Waals surface area contributed by atoms with E-state index in [4.69, 9.17) is 0 Å². The lowest BCUT2D eigenvalue weighted by atomic mass is 10.0. The number of hydrogen-bond acceptors (Lipinski definition) is 3. The Morgan fingerprint density at radius 3 is 2.79 bits per heavy atom. The maximum Gasteiger partial charge on any atom is 0.0706 e. The summed E-state index contributed by atoms with van der Waals surface area (Å²) < 4.78 is 1.92. The van der Waals surface area contributed by atoms with E-state index in [1.807, 2.05) is 23.0 Å². The van der Waals surface area contributed by atoms with Gasteiger partial charge in [-0.05, 0) is 32.1 Å². The quantitative estimate of drug-likeness (QED) is 0.862. The minimum absolute atomic E-state index is 0.494. The first kappa shape index (κ1) is 14.0. The van der Waals surface area contributed by atoms with Crippen LogP contribution in [0.25, 0.3) is 5.52 Å². The second kappa shape index (κ2) is 6.17. The van der Waals surface area contributed by atoms with E-state index in [-0.39, 0.29) is 0 Å². The number of hydrogen-bond donors (Lipinski definition) is 1. The third kappa shape index (κ3) is 3.55. The molecule has 19 heavy (non-hydrogen) atoms. The molecular weight excluding hydrogens is 236 g/mol. The molecule has 0 aromatic carbocycles. The summed E-state index contributed by atoms with van der Waals surface area (Å²) in [7, 11) is 4.23. The smallest absolute Gasteiger partial charge is 0.0706 e. The summed E-state index contributed by atoms with van der Waals surface area (Å²) in [6.45, 7) is 6.44. The molecule has 2 aromatic heterocycles. The van der Waals surface area contributed by atoms with Crippen molar-refractivity contribution in [3.8, 4) is 0 Å². The highest BCUT2D eigenvalue weighted by Gasteiger charge is 2.14. The number of nitrogens with one attached hydrogen (secondary N) is 1. The average molecular weight is 260 g/mol. The number of nitrogens with zero attached hydrogens (tertiary/aromatic N) is 3. The molecule has 2 aromatic rings. The fourth-order valence-electron chi connectivity index (χ4n) is 2.27. The first-order valence-corrected chi connectivity index (χ1v) is 6.87. The maximum absolute atomic E-state index is 4.37. The Hall–Kier alpha value is -1.39. The Balaban J connectivity index is 2.04. The van der Waals surface area contributed by atoms with Crippen LogP contribution in [0.5, 0.6) is 0 Å². The molecule has 1 N–H and O–H groups in total. The van der Waals surface area contributed by atoms with Crippen LogP contribution in [0.3, 0.4) is 0 Å². The van der Waals surface area contributed by atoms with Crippen molar-refractivity contribution in [3.05, 3.63) is 36.2 Å². The summed E-state index contributed by atoms with van der Waals surface area (Å²) in [6, 6.07) is 6.66. The van der Waals surface area contributed by atoms with Crippen LogP contribution < -0.4 is 5.32 Å². The fraction of sp³-hybridized carbons (Fsp3) is 0.533. The van der Waals surface area contributed by atoms with E-state index in [1.54, 1.807) is 0 Å². The second-order valence-electron chi connectivity index (χ2n) is 5.69. The van der Waals surface area contributed by atoms with Crippen LogP contribution >= 0.6 is 0 Å². The van der Waals surface area contributed by atoms with Crippen LogP contribution in [0.2, 0.25) is 0 Å². The molecule has 0 saturated carbocycles. The van der Waals surface area contributed by atoms with Crippen molar-refractivity contribution in [3.63, 3.8) is 0 Å². The molecule has 1 unspecified atom stereocenters. The minimum atomic E-state index is 0.494. The van der Waals surface area contributed by atoms with Gasteiger partial charge >= 0.3 is 0 Å². The van der Waals surface area contributed by atoms with Gasteiger partial charge in [-0.25, -0.2) is 4.52 Å². The van der Waals surface area contributed by atoms with Gasteiger partial charge in [-0.2, -0.15) is 5.10 Å². The second-order valence-corrected chi connectivity index (χ2v) is 5.69. The Morgan fingerprint density at radius 1 is 1.32 bits per heavy atom. The van der Waals surface area contributed by atoms with Gasteiger partial charge in [-0.1, -0.05) is 19.9 Å². The molecule has 1 atom stereocenters. The average Bonchev–Trinajstić information content (AvgIpc) is 2.77. The molecule has 0 amide bonds. The summed E-state index contributed by atoms with van der Waals surface area (Å²) in [4.78, 5) is 2.23. The standard InChI is InChI=1S/C15H24N4/c1-12(2)14(11-18(3)4)16-9-13-10-17-19-8-6-5-7-15(13)19/h5-8,10,12,14,16H,9,11H2,1-4H3. The lowest BCUT2D eigenvalue weighted by Gasteiger charge is -2.25. The molecule has 104 valence electrons. The maximum atomic E-state index is 4.37. The van der Waals surface area contributed by atoms with Gasteiger partial charge in [0, 0.05) is 30.9 Å². The van der Waals surface area contributed by atoms with Gasteiger partial charge in [-0.15, -0.1) is 0 Å². The molecule has 0 aliphatic heterocycles. The van der Waals surface area contributed by atoms with Crippen molar-refractivity contribution in [1.82, 2.24) is 19.8 Å². The van der Waals surface area contributed by atoms with Gasteiger partial charge in [-0.3, -0.25) is 0 Å². The zero-order chi connectivity index (χ0) is 13.8. The zero-order valence-corrected chi connectivity index (χ0v) is 12.3. The van der Waals surface area contributed by atoms with E-state index in [9.17, 15) is 0 Å². The Bertz CT molecular complexity index is 516. The molecule has 2 heterocycles. The summed E-state index contributed by atoms with van der Waals surface area (Å²) in [5.74, 6) is 0.615. The van der Waals surface area contributed by atoms with Crippen molar-refractivity contribution < 1.29 is 0 Å². The Labute approximate surface area is 115 Å². The van der Waals surface area contributed by atoms with E-state index in [0.717, 1.165) is 13.1 Å². The number of pyridine rings is 1. The van der Waals surface area contributed by atoms with E-state index in [2.05, 4.69) is 55.4 Å². The largest absolute Gasteiger partial charge is 0.308 e. The molecule has 4 heteroatoms. The SMILES string of the molecule is CC(C)C(CN(C)C)NCc1cnn2ccccc12. The highest BCUT2D eigenvalue weighted by molar-refractivity contribution is 5.53. The normalized spacial score (nSPS) is 13.6. The molecule has 2 rings (SSSR count). The molecule has 0 radical (unpaired) electrons. The first-order chi connectivity index (χ1) is 9.08. The summed E-state index contributed by atoms with van der Waals surface area (Å²) >= 11 is 0. The summed E-state index contributed by atoms with van der Waals surface area (Å²) in [5.41, 5.74) is 2.44. The number of likely N-dealkylation sites (N-methyl/N-ethyl adjacent to an activating group) is 1. The summed E-state index contributed by atoms with van der Waals surface area (Å²) in [5, 5.41) is 8.02. The molecule has 4 nitrogen and oxygen atoms in total. The van der Waals surface area contributed by atoms with Crippen molar-refractivity contribution >= 4 is 5.52 Å². The van der Waals surface area contributed by atoms with Crippen molar-refractivity contribution in [2.75, 3.05) is 20.6 Å². The highest BCUT2D eigenvalue weighted by Crippen LogP contribution is 2.11. The molecule has 0 saturated heterocycles. The molecule has 0 spiro atoms. The van der Waals surface area contributed by atoms with Crippen LogP contribution in [-0.2, 0) is 6.54 Å². The third-order valence-corrected chi connectivity index (χ3v) is 3.43. The van der Waals surface area contributed by atoms with Crippen LogP contribution in [0.4, 0.5) is 0 Å². The van der Waals surface area contributed by atoms with E-state index in [0.29, 0.717) is 12.0 Å². The lowest BCUT2D eigenvalue weighted by molar-refractivity contribution is 0.288. The number of aromatic nitrogens is 2. The fourth-order valence-corrected chi connectivity index (χ4v) is 2.27. The Kier molecular flexibility index (Phi) is 4.56. The van der Waals surface area contributed by atoms with Gasteiger partial charge < -0.3 is 10.2 Å². The van der Waals surface area contributed by atoms with Crippen molar-refractivity contribution in [2.24, 2.45) is 5.92 Å². The minimum Gasteiger partial charge on any atom is -0.308 e. The van der Waals surface area contributed by atoms with E-state index in [1.165, 1.54) is 11.1 Å². The van der Waals surface area contributed by atoms with Crippen molar-refractivity contribution in [1.29, 1.82) is 0 Å². The van der Waals surface area contributed by atoms with E-state index < -0.39 is 0 Å². The first-order valence-electron chi connectivity index (χ1n) is 6.87. The van der Waals surface area contributed by atoms with Gasteiger partial charge in [0.1, 0.15) is 0 Å². The predicted molar refractivity (Wildman–Crippen MR) is 79.2 cm³/mol. The van der Waals surface area contributed by atoms with Gasteiger partial charge in [0.15, 0.2) is 0 Å². The van der Waals surface area contributed by atoms with Gasteiger partial charge in [0.05, 0.1) is 11.7 Å². The summed E-state index contributed by atoms with van der Waals surface area (Å²) in [6.07, 6.45) is 3.94. The number of rotatable bonds is 6. The van der Waals surface area contributed by atoms with Crippen LogP contribution in [0.15, 0.2) is 30.6 Å².